The van der Waals surface area contributed by atoms with Crippen molar-refractivity contribution in [1.29, 1.82) is 0 Å². The first kappa shape index (κ1) is 23.0. The van der Waals surface area contributed by atoms with E-state index in [0.717, 1.165) is 49.5 Å². The molecule has 0 spiro atoms. The van der Waals surface area contributed by atoms with Gasteiger partial charge in [0.1, 0.15) is 13.2 Å². The Labute approximate surface area is 179 Å². The molecule has 2 aromatic carbocycles. The van der Waals surface area contributed by atoms with E-state index >= 15 is 0 Å². The molecule has 1 aliphatic heterocycles. The Hall–Kier alpha value is -2.24. The van der Waals surface area contributed by atoms with Gasteiger partial charge in [-0.25, -0.2) is 0 Å². The summed E-state index contributed by atoms with van der Waals surface area (Å²) < 4.78 is 17.0. The largest absolute Gasteiger partial charge is 0.488 e. The number of hydrogen-bond donors (Lipinski definition) is 0. The summed E-state index contributed by atoms with van der Waals surface area (Å²) in [5.74, 6) is 1.51. The molecule has 1 saturated heterocycles. The van der Waals surface area contributed by atoms with Crippen LogP contribution < -0.4 is 9.47 Å². The number of esters is 1. The van der Waals surface area contributed by atoms with Gasteiger partial charge in [0.2, 0.25) is 0 Å². The van der Waals surface area contributed by atoms with Crippen LogP contribution in [0.3, 0.4) is 0 Å². The van der Waals surface area contributed by atoms with Crippen LogP contribution in [0.5, 0.6) is 11.5 Å². The van der Waals surface area contributed by atoms with Crippen LogP contribution in [-0.2, 0) is 16.1 Å². The molecule has 158 valence electrons. The lowest BCUT2D eigenvalue weighted by molar-refractivity contribution is -0.149. The van der Waals surface area contributed by atoms with Crippen molar-refractivity contribution in [3.63, 3.8) is 0 Å². The normalized spacial score (nSPS) is 14.7. The topological polar surface area (TPSA) is 48.0 Å². The zero-order chi connectivity index (χ0) is 19.6. The zero-order valence-corrected chi connectivity index (χ0v) is 17.7. The Bertz CT molecular complexity index is 733. The Morgan fingerprint density at radius 1 is 0.966 bits per heavy atom. The van der Waals surface area contributed by atoms with Crippen LogP contribution in [-0.4, -0.2) is 43.7 Å². The van der Waals surface area contributed by atoms with Crippen LogP contribution in [0.1, 0.15) is 25.3 Å². The maximum atomic E-state index is 11.8. The van der Waals surface area contributed by atoms with Gasteiger partial charge in [-0.15, -0.1) is 12.4 Å². The Kier molecular flexibility index (Phi) is 9.81. The predicted molar refractivity (Wildman–Crippen MR) is 116 cm³/mol. The third-order valence-corrected chi connectivity index (χ3v) is 4.96. The average Bonchev–Trinajstić information content (AvgIpc) is 2.74. The van der Waals surface area contributed by atoms with E-state index in [2.05, 4.69) is 4.90 Å². The maximum Gasteiger partial charge on any atom is 0.309 e. The Morgan fingerprint density at radius 3 is 2.24 bits per heavy atom. The molecule has 1 fully saturated rings. The van der Waals surface area contributed by atoms with Gasteiger partial charge in [0.05, 0.1) is 12.5 Å². The summed E-state index contributed by atoms with van der Waals surface area (Å²) in [5, 5.41) is 0. The number of nitrogens with zero attached hydrogens (tertiary/aromatic N) is 1. The molecule has 0 radical (unpaired) electrons. The van der Waals surface area contributed by atoms with Gasteiger partial charge in [0, 0.05) is 6.54 Å². The van der Waals surface area contributed by atoms with E-state index in [9.17, 15) is 4.79 Å². The van der Waals surface area contributed by atoms with E-state index in [4.69, 9.17) is 14.2 Å². The summed E-state index contributed by atoms with van der Waals surface area (Å²) in [7, 11) is 0. The van der Waals surface area contributed by atoms with Gasteiger partial charge in [-0.2, -0.15) is 0 Å². The number of hydrogen-bond acceptors (Lipinski definition) is 5. The van der Waals surface area contributed by atoms with E-state index in [-0.39, 0.29) is 24.3 Å². The highest BCUT2D eigenvalue weighted by molar-refractivity contribution is 5.85. The highest BCUT2D eigenvalue weighted by Gasteiger charge is 2.25. The number of carbonyl (C=O) groups excluding carboxylic acids is 1. The molecule has 0 bridgehead atoms. The fourth-order valence-corrected chi connectivity index (χ4v) is 3.36. The highest BCUT2D eigenvalue weighted by atomic mass is 35.5. The number of carbonyl (C=O) groups is 1. The summed E-state index contributed by atoms with van der Waals surface area (Å²) in [6.07, 6.45) is 1.71. The quantitative estimate of drug-likeness (QED) is 0.566. The number of ether oxygens (including phenoxy) is 3. The summed E-state index contributed by atoms with van der Waals surface area (Å²) in [6.45, 7) is 6.06. The second-order valence-corrected chi connectivity index (χ2v) is 6.94. The van der Waals surface area contributed by atoms with E-state index in [1.54, 1.807) is 0 Å². The van der Waals surface area contributed by atoms with Gasteiger partial charge in [-0.05, 0) is 50.6 Å². The monoisotopic (exact) mass is 419 g/mol. The molecular weight excluding hydrogens is 390 g/mol. The van der Waals surface area contributed by atoms with E-state index in [1.807, 2.05) is 61.5 Å². The summed E-state index contributed by atoms with van der Waals surface area (Å²) >= 11 is 0. The van der Waals surface area contributed by atoms with Crippen molar-refractivity contribution in [3.8, 4) is 11.5 Å². The van der Waals surface area contributed by atoms with Crippen LogP contribution in [0.25, 0.3) is 0 Å². The first-order valence-electron chi connectivity index (χ1n) is 10.0. The van der Waals surface area contributed by atoms with Crippen molar-refractivity contribution in [2.45, 2.75) is 26.4 Å². The number of likely N-dealkylation sites (tertiary alicyclic amines) is 1. The minimum Gasteiger partial charge on any atom is -0.488 e. The maximum absolute atomic E-state index is 11.8. The molecule has 0 aromatic heterocycles. The second-order valence-electron chi connectivity index (χ2n) is 6.94. The molecule has 0 aliphatic carbocycles. The third kappa shape index (κ3) is 7.26. The first-order chi connectivity index (χ1) is 13.8. The molecule has 0 amide bonds. The summed E-state index contributed by atoms with van der Waals surface area (Å²) in [4.78, 5) is 14.2. The van der Waals surface area contributed by atoms with E-state index in [0.29, 0.717) is 19.8 Å². The molecule has 5 nitrogen and oxygen atoms in total. The molecule has 29 heavy (non-hydrogen) atoms. The predicted octanol–water partition coefficient (Wildman–Crippen LogP) is 4.34. The number of rotatable bonds is 9. The minimum atomic E-state index is -0.0529. The molecule has 0 atom stereocenters. The molecule has 3 rings (SSSR count). The lowest BCUT2D eigenvalue weighted by atomic mass is 9.97. The van der Waals surface area contributed by atoms with Crippen molar-refractivity contribution >= 4 is 18.4 Å². The second kappa shape index (κ2) is 12.3. The van der Waals surface area contributed by atoms with Crippen LogP contribution in [0.15, 0.2) is 54.6 Å². The fraction of sp³-hybridized carbons (Fsp3) is 0.435. The molecule has 6 heteroatoms. The number of benzene rings is 2. The fourth-order valence-electron chi connectivity index (χ4n) is 3.36. The zero-order valence-electron chi connectivity index (χ0n) is 16.9. The van der Waals surface area contributed by atoms with Gasteiger partial charge in [-0.1, -0.05) is 42.5 Å². The van der Waals surface area contributed by atoms with Gasteiger partial charge in [-0.3, -0.25) is 9.69 Å². The molecule has 0 unspecified atom stereocenters. The number of piperidine rings is 1. The highest BCUT2D eigenvalue weighted by Crippen LogP contribution is 2.27. The van der Waals surface area contributed by atoms with Crippen molar-refractivity contribution in [2.24, 2.45) is 5.92 Å². The average molecular weight is 420 g/mol. The number of halogens is 1. The van der Waals surface area contributed by atoms with Crippen molar-refractivity contribution in [2.75, 3.05) is 32.8 Å². The molecule has 2 aromatic rings. The first-order valence-corrected chi connectivity index (χ1v) is 10.0. The minimum absolute atomic E-state index is 0. The summed E-state index contributed by atoms with van der Waals surface area (Å²) in [5.41, 5.74) is 1.13. The lowest BCUT2D eigenvalue weighted by Crippen LogP contribution is -2.39. The third-order valence-electron chi connectivity index (χ3n) is 4.96. The SMILES string of the molecule is CCOC(=O)C1CCN(CCOc2ccccc2OCc2ccccc2)CC1.Cl. The van der Waals surface area contributed by atoms with Gasteiger partial charge >= 0.3 is 5.97 Å². The summed E-state index contributed by atoms with van der Waals surface area (Å²) in [6, 6.07) is 17.9. The van der Waals surface area contributed by atoms with E-state index < -0.39 is 0 Å². The van der Waals surface area contributed by atoms with Crippen LogP contribution >= 0.6 is 12.4 Å². The molecule has 1 aliphatic rings. The Morgan fingerprint density at radius 2 is 1.59 bits per heavy atom. The van der Waals surface area contributed by atoms with Crippen LogP contribution in [0.2, 0.25) is 0 Å². The van der Waals surface area contributed by atoms with Gasteiger partial charge in [0.15, 0.2) is 11.5 Å². The molecule has 1 heterocycles. The molecule has 0 N–H and O–H groups in total. The van der Waals surface area contributed by atoms with Crippen molar-refractivity contribution in [1.82, 2.24) is 4.90 Å². The lowest BCUT2D eigenvalue weighted by Gasteiger charge is -2.30. The molecule has 0 saturated carbocycles. The Balaban J connectivity index is 0.00000300. The van der Waals surface area contributed by atoms with Crippen LogP contribution in [0, 0.1) is 5.92 Å². The number of para-hydroxylation sites is 2. The van der Waals surface area contributed by atoms with Crippen molar-refractivity contribution in [3.05, 3.63) is 60.2 Å². The smallest absolute Gasteiger partial charge is 0.309 e. The van der Waals surface area contributed by atoms with Gasteiger partial charge in [0.25, 0.3) is 0 Å². The van der Waals surface area contributed by atoms with E-state index in [1.165, 1.54) is 0 Å². The molecular formula is C23H30ClNO4. The van der Waals surface area contributed by atoms with Crippen molar-refractivity contribution < 1.29 is 19.0 Å². The van der Waals surface area contributed by atoms with Crippen LogP contribution in [0.4, 0.5) is 0 Å². The van der Waals surface area contributed by atoms with Gasteiger partial charge < -0.3 is 14.2 Å². The standard InChI is InChI=1S/C23H29NO4.ClH/c1-2-26-23(25)20-12-14-24(15-13-20)16-17-27-21-10-6-7-11-22(21)28-18-19-8-4-3-5-9-19;/h3-11,20H,2,12-18H2,1H3;1H.